The zero-order chi connectivity index (χ0) is 11.3. The van der Waals surface area contributed by atoms with Crippen molar-refractivity contribution in [3.05, 3.63) is 18.2 Å². The fourth-order valence-electron chi connectivity index (χ4n) is 1.13. The fourth-order valence-corrected chi connectivity index (χ4v) is 1.21. The second-order valence-electron chi connectivity index (χ2n) is 2.89. The molecule has 0 heterocycles. The SMILES string of the molecule is COc1ccc(OC)c(NCC(N)=S)c1. The smallest absolute Gasteiger partial charge is 0.142 e. The molecular formula is C10H14N2O2S. The van der Waals surface area contributed by atoms with Crippen molar-refractivity contribution in [1.29, 1.82) is 0 Å². The summed E-state index contributed by atoms with van der Waals surface area (Å²) in [6.45, 7) is 0.429. The number of nitrogens with one attached hydrogen (secondary N) is 1. The van der Waals surface area contributed by atoms with E-state index in [-0.39, 0.29) is 0 Å². The summed E-state index contributed by atoms with van der Waals surface area (Å²) in [4.78, 5) is 0.403. The van der Waals surface area contributed by atoms with Crippen LogP contribution in [0.2, 0.25) is 0 Å². The number of rotatable bonds is 5. The third kappa shape index (κ3) is 3.28. The highest BCUT2D eigenvalue weighted by Gasteiger charge is 2.04. The normalized spacial score (nSPS) is 9.47. The maximum absolute atomic E-state index is 5.40. The van der Waals surface area contributed by atoms with Crippen LogP contribution in [-0.4, -0.2) is 25.8 Å². The number of nitrogens with two attached hydrogens (primary N) is 1. The Labute approximate surface area is 94.4 Å². The number of hydrogen-bond acceptors (Lipinski definition) is 4. The van der Waals surface area contributed by atoms with Gasteiger partial charge in [0.25, 0.3) is 0 Å². The molecule has 0 saturated carbocycles. The Morgan fingerprint density at radius 2 is 2.13 bits per heavy atom. The molecule has 15 heavy (non-hydrogen) atoms. The summed E-state index contributed by atoms with van der Waals surface area (Å²) in [6, 6.07) is 5.47. The van der Waals surface area contributed by atoms with Gasteiger partial charge in [0, 0.05) is 6.07 Å². The van der Waals surface area contributed by atoms with E-state index in [2.05, 4.69) is 5.32 Å². The molecule has 0 atom stereocenters. The summed E-state index contributed by atoms with van der Waals surface area (Å²) in [5.41, 5.74) is 6.21. The summed E-state index contributed by atoms with van der Waals surface area (Å²) in [6.07, 6.45) is 0. The van der Waals surface area contributed by atoms with E-state index in [0.29, 0.717) is 11.5 Å². The van der Waals surface area contributed by atoms with Gasteiger partial charge in [0.1, 0.15) is 11.5 Å². The van der Waals surface area contributed by atoms with Crippen LogP contribution in [0.25, 0.3) is 0 Å². The zero-order valence-electron chi connectivity index (χ0n) is 8.74. The van der Waals surface area contributed by atoms with E-state index in [1.165, 1.54) is 0 Å². The minimum atomic E-state index is 0.403. The van der Waals surface area contributed by atoms with Crippen molar-refractivity contribution in [2.24, 2.45) is 5.73 Å². The lowest BCUT2D eigenvalue weighted by Gasteiger charge is -2.11. The Kier molecular flexibility index (Phi) is 4.17. The molecule has 0 aliphatic carbocycles. The molecule has 1 rings (SSSR count). The lowest BCUT2D eigenvalue weighted by atomic mass is 10.2. The van der Waals surface area contributed by atoms with Crippen LogP contribution in [0.5, 0.6) is 11.5 Å². The number of thiocarbonyl (C=S) groups is 1. The predicted molar refractivity (Wildman–Crippen MR) is 64.8 cm³/mol. The second kappa shape index (κ2) is 5.41. The van der Waals surface area contributed by atoms with Gasteiger partial charge < -0.3 is 20.5 Å². The molecular weight excluding hydrogens is 212 g/mol. The third-order valence-corrected chi connectivity index (χ3v) is 2.00. The van der Waals surface area contributed by atoms with E-state index in [0.717, 1.165) is 17.2 Å². The molecule has 0 spiro atoms. The van der Waals surface area contributed by atoms with Gasteiger partial charge in [0.05, 0.1) is 31.4 Å². The average Bonchev–Trinajstić information content (AvgIpc) is 2.25. The third-order valence-electron chi connectivity index (χ3n) is 1.86. The lowest BCUT2D eigenvalue weighted by Crippen LogP contribution is -2.20. The Hall–Kier alpha value is -1.49. The minimum Gasteiger partial charge on any atom is -0.497 e. The Morgan fingerprint density at radius 3 is 2.67 bits per heavy atom. The van der Waals surface area contributed by atoms with Gasteiger partial charge >= 0.3 is 0 Å². The van der Waals surface area contributed by atoms with E-state index < -0.39 is 0 Å². The van der Waals surface area contributed by atoms with Crippen LogP contribution in [0.1, 0.15) is 0 Å². The molecule has 0 bridgehead atoms. The summed E-state index contributed by atoms with van der Waals surface area (Å²) in [5, 5.41) is 3.07. The van der Waals surface area contributed by atoms with E-state index in [1.54, 1.807) is 14.2 Å². The van der Waals surface area contributed by atoms with Crippen LogP contribution in [0.15, 0.2) is 18.2 Å². The highest BCUT2D eigenvalue weighted by molar-refractivity contribution is 7.80. The maximum Gasteiger partial charge on any atom is 0.142 e. The minimum absolute atomic E-state index is 0.403. The molecule has 0 aliphatic rings. The molecule has 0 unspecified atom stereocenters. The quantitative estimate of drug-likeness (QED) is 0.743. The number of ether oxygens (including phenoxy) is 2. The average molecular weight is 226 g/mol. The standard InChI is InChI=1S/C10H14N2O2S/c1-13-7-3-4-9(14-2)8(5-7)12-6-10(11)15/h3-5,12H,6H2,1-2H3,(H2,11,15). The number of methoxy groups -OCH3 is 2. The summed E-state index contributed by atoms with van der Waals surface area (Å²) < 4.78 is 10.3. The van der Waals surface area contributed by atoms with E-state index in [4.69, 9.17) is 27.4 Å². The molecule has 5 heteroatoms. The van der Waals surface area contributed by atoms with Crippen LogP contribution in [0.3, 0.4) is 0 Å². The Bertz CT molecular complexity index is 355. The molecule has 82 valence electrons. The van der Waals surface area contributed by atoms with E-state index in [1.807, 2.05) is 18.2 Å². The zero-order valence-corrected chi connectivity index (χ0v) is 9.56. The fraction of sp³-hybridized carbons (Fsp3) is 0.300. The van der Waals surface area contributed by atoms with Crippen molar-refractivity contribution >= 4 is 22.9 Å². The highest BCUT2D eigenvalue weighted by Crippen LogP contribution is 2.28. The van der Waals surface area contributed by atoms with Gasteiger partial charge in [-0.15, -0.1) is 0 Å². The molecule has 4 nitrogen and oxygen atoms in total. The van der Waals surface area contributed by atoms with Gasteiger partial charge in [-0.05, 0) is 12.1 Å². The Morgan fingerprint density at radius 1 is 1.40 bits per heavy atom. The molecule has 0 saturated heterocycles. The van der Waals surface area contributed by atoms with E-state index >= 15 is 0 Å². The largest absolute Gasteiger partial charge is 0.497 e. The molecule has 0 radical (unpaired) electrons. The first-order valence-corrected chi connectivity index (χ1v) is 4.82. The van der Waals surface area contributed by atoms with Crippen LogP contribution < -0.4 is 20.5 Å². The van der Waals surface area contributed by atoms with Crippen molar-refractivity contribution in [1.82, 2.24) is 0 Å². The van der Waals surface area contributed by atoms with Crippen LogP contribution in [0, 0.1) is 0 Å². The van der Waals surface area contributed by atoms with Gasteiger partial charge in [-0.2, -0.15) is 0 Å². The number of benzene rings is 1. The lowest BCUT2D eigenvalue weighted by molar-refractivity contribution is 0.404. The first-order valence-electron chi connectivity index (χ1n) is 4.41. The van der Waals surface area contributed by atoms with Crippen LogP contribution in [-0.2, 0) is 0 Å². The summed E-state index contributed by atoms with van der Waals surface area (Å²) in [7, 11) is 3.22. The number of hydrogen-bond donors (Lipinski definition) is 2. The second-order valence-corrected chi connectivity index (χ2v) is 3.41. The molecule has 0 aliphatic heterocycles. The molecule has 3 N–H and O–H groups in total. The summed E-state index contributed by atoms with van der Waals surface area (Å²) >= 11 is 4.78. The van der Waals surface area contributed by atoms with Gasteiger partial charge in [0.15, 0.2) is 0 Å². The van der Waals surface area contributed by atoms with Crippen molar-refractivity contribution in [3.63, 3.8) is 0 Å². The topological polar surface area (TPSA) is 56.5 Å². The summed E-state index contributed by atoms with van der Waals surface area (Å²) in [5.74, 6) is 1.48. The van der Waals surface area contributed by atoms with Crippen molar-refractivity contribution in [2.45, 2.75) is 0 Å². The monoisotopic (exact) mass is 226 g/mol. The number of anilines is 1. The van der Waals surface area contributed by atoms with Crippen molar-refractivity contribution in [3.8, 4) is 11.5 Å². The molecule has 1 aromatic carbocycles. The van der Waals surface area contributed by atoms with E-state index in [9.17, 15) is 0 Å². The van der Waals surface area contributed by atoms with Gasteiger partial charge in [-0.3, -0.25) is 0 Å². The van der Waals surface area contributed by atoms with Crippen molar-refractivity contribution < 1.29 is 9.47 Å². The first-order chi connectivity index (χ1) is 7.17. The highest BCUT2D eigenvalue weighted by atomic mass is 32.1. The molecule has 1 aromatic rings. The molecule has 0 amide bonds. The van der Waals surface area contributed by atoms with Crippen LogP contribution >= 0.6 is 12.2 Å². The van der Waals surface area contributed by atoms with Crippen molar-refractivity contribution in [2.75, 3.05) is 26.1 Å². The van der Waals surface area contributed by atoms with Gasteiger partial charge in [-0.25, -0.2) is 0 Å². The Balaban J connectivity index is 2.85. The van der Waals surface area contributed by atoms with Gasteiger partial charge in [-0.1, -0.05) is 12.2 Å². The van der Waals surface area contributed by atoms with Gasteiger partial charge in [0.2, 0.25) is 0 Å². The maximum atomic E-state index is 5.40. The predicted octanol–water partition coefficient (Wildman–Crippen LogP) is 1.40. The molecule has 0 fully saturated rings. The van der Waals surface area contributed by atoms with Crippen LogP contribution in [0.4, 0.5) is 5.69 Å². The first kappa shape index (κ1) is 11.6. The molecule has 0 aromatic heterocycles.